The average Bonchev–Trinajstić information content (AvgIpc) is 3.30. The molecule has 0 bridgehead atoms. The Morgan fingerprint density at radius 1 is 1.10 bits per heavy atom. The van der Waals surface area contributed by atoms with Crippen LogP contribution in [0.2, 0.25) is 0 Å². The summed E-state index contributed by atoms with van der Waals surface area (Å²) in [6, 6.07) is 10.3. The molecule has 1 aliphatic rings. The number of hydrogen-bond acceptors (Lipinski definition) is 5. The van der Waals surface area contributed by atoms with Crippen LogP contribution in [0, 0.1) is 6.92 Å². The van der Waals surface area contributed by atoms with Crippen molar-refractivity contribution in [1.82, 2.24) is 23.8 Å². The van der Waals surface area contributed by atoms with Gasteiger partial charge in [0.05, 0.1) is 16.6 Å². The molecule has 1 N–H and O–H groups in total. The third kappa shape index (κ3) is 2.70. The van der Waals surface area contributed by atoms with Gasteiger partial charge in [-0.1, -0.05) is 18.2 Å². The number of pyridine rings is 1. The molecule has 4 aromatic rings. The molecule has 0 radical (unpaired) electrons. The van der Waals surface area contributed by atoms with Gasteiger partial charge in [0.25, 0.3) is 10.0 Å². The molecular formula is C21H23N5O2S. The summed E-state index contributed by atoms with van der Waals surface area (Å²) >= 11 is 0. The van der Waals surface area contributed by atoms with Gasteiger partial charge in [-0.05, 0) is 58.0 Å². The zero-order valence-electron chi connectivity index (χ0n) is 16.5. The Bertz CT molecular complexity index is 1320. The van der Waals surface area contributed by atoms with E-state index in [0.717, 1.165) is 48.2 Å². The largest absolute Gasteiger partial charge is 0.322 e. The standard InChI is InChI=1S/C21H23N5O2S/c1-15-24-18-14-23-20-17(19(18)26(15)21(2)9-11-22-12-10-21)8-13-25(20)29(27,28)16-6-4-3-5-7-16/h3-8,13-14,22H,9-12H2,1-2H3. The van der Waals surface area contributed by atoms with Crippen molar-refractivity contribution in [2.24, 2.45) is 0 Å². The number of imidazole rings is 1. The summed E-state index contributed by atoms with van der Waals surface area (Å²) in [6.45, 7) is 6.17. The van der Waals surface area contributed by atoms with Gasteiger partial charge in [-0.25, -0.2) is 22.4 Å². The van der Waals surface area contributed by atoms with Gasteiger partial charge in [0.2, 0.25) is 0 Å². The van der Waals surface area contributed by atoms with Crippen molar-refractivity contribution in [2.75, 3.05) is 13.1 Å². The first-order valence-electron chi connectivity index (χ1n) is 9.79. The fourth-order valence-corrected chi connectivity index (χ4v) is 5.81. The Balaban J connectivity index is 1.77. The Labute approximate surface area is 169 Å². The van der Waals surface area contributed by atoms with Crippen LogP contribution in [0.15, 0.2) is 53.7 Å². The van der Waals surface area contributed by atoms with Gasteiger partial charge in [-0.15, -0.1) is 0 Å². The Kier molecular flexibility index (Phi) is 4.04. The molecule has 3 aromatic heterocycles. The van der Waals surface area contributed by atoms with E-state index in [-0.39, 0.29) is 10.4 Å². The van der Waals surface area contributed by atoms with Crippen LogP contribution in [-0.2, 0) is 15.6 Å². The smallest absolute Gasteiger partial charge is 0.269 e. The van der Waals surface area contributed by atoms with Crippen LogP contribution in [0.25, 0.3) is 22.1 Å². The number of benzene rings is 1. The summed E-state index contributed by atoms with van der Waals surface area (Å²) in [4.78, 5) is 9.46. The molecule has 5 rings (SSSR count). The highest BCUT2D eigenvalue weighted by Crippen LogP contribution is 2.35. The lowest BCUT2D eigenvalue weighted by Gasteiger charge is -2.37. The van der Waals surface area contributed by atoms with E-state index in [1.54, 1.807) is 42.7 Å². The van der Waals surface area contributed by atoms with Gasteiger partial charge in [0.15, 0.2) is 5.65 Å². The maximum atomic E-state index is 13.2. The van der Waals surface area contributed by atoms with Gasteiger partial charge < -0.3 is 9.88 Å². The zero-order chi connectivity index (χ0) is 20.2. The maximum Gasteiger partial charge on any atom is 0.269 e. The summed E-state index contributed by atoms with van der Waals surface area (Å²) in [7, 11) is -3.72. The number of aryl methyl sites for hydroxylation is 1. The number of rotatable bonds is 3. The van der Waals surface area contributed by atoms with Crippen molar-refractivity contribution in [3.05, 3.63) is 54.6 Å². The molecule has 0 saturated carbocycles. The monoisotopic (exact) mass is 409 g/mol. The SMILES string of the molecule is Cc1nc2cnc3c(ccn3S(=O)(=O)c3ccccc3)c2n1C1(C)CCNCC1. The van der Waals surface area contributed by atoms with Crippen molar-refractivity contribution in [3.8, 4) is 0 Å². The van der Waals surface area contributed by atoms with Gasteiger partial charge >= 0.3 is 0 Å². The first kappa shape index (κ1) is 18.3. The first-order valence-corrected chi connectivity index (χ1v) is 11.2. The maximum absolute atomic E-state index is 13.2. The lowest BCUT2D eigenvalue weighted by Crippen LogP contribution is -2.42. The molecule has 0 aliphatic carbocycles. The molecule has 1 aliphatic heterocycles. The molecule has 29 heavy (non-hydrogen) atoms. The van der Waals surface area contributed by atoms with E-state index in [1.165, 1.54) is 3.97 Å². The summed E-state index contributed by atoms with van der Waals surface area (Å²) in [5.74, 6) is 0.928. The fourth-order valence-electron chi connectivity index (χ4n) is 4.49. The summed E-state index contributed by atoms with van der Waals surface area (Å²) in [6.07, 6.45) is 5.26. The minimum atomic E-state index is -3.72. The topological polar surface area (TPSA) is 81.8 Å². The number of aromatic nitrogens is 4. The second-order valence-electron chi connectivity index (χ2n) is 7.90. The molecule has 150 valence electrons. The van der Waals surface area contributed by atoms with Crippen molar-refractivity contribution in [1.29, 1.82) is 0 Å². The second-order valence-corrected chi connectivity index (χ2v) is 9.72. The van der Waals surface area contributed by atoms with Crippen LogP contribution in [0.5, 0.6) is 0 Å². The van der Waals surface area contributed by atoms with E-state index in [2.05, 4.69) is 21.8 Å². The van der Waals surface area contributed by atoms with Crippen molar-refractivity contribution in [2.45, 2.75) is 37.1 Å². The van der Waals surface area contributed by atoms with Gasteiger partial charge in [-0.3, -0.25) is 0 Å². The molecule has 1 aromatic carbocycles. The number of nitrogens with one attached hydrogen (secondary N) is 1. The minimum absolute atomic E-state index is 0.0707. The predicted octanol–water partition coefficient (Wildman–Crippen LogP) is 3.03. The summed E-state index contributed by atoms with van der Waals surface area (Å²) in [5.41, 5.74) is 2.11. The molecule has 0 amide bonds. The highest BCUT2D eigenvalue weighted by atomic mass is 32.2. The van der Waals surface area contributed by atoms with Crippen LogP contribution in [0.3, 0.4) is 0 Å². The van der Waals surface area contributed by atoms with E-state index >= 15 is 0 Å². The van der Waals surface area contributed by atoms with E-state index in [0.29, 0.717) is 5.65 Å². The van der Waals surface area contributed by atoms with Crippen LogP contribution >= 0.6 is 0 Å². The Hall–Kier alpha value is -2.71. The van der Waals surface area contributed by atoms with E-state index in [1.807, 2.05) is 13.0 Å². The first-order chi connectivity index (χ1) is 13.9. The van der Waals surface area contributed by atoms with Crippen molar-refractivity contribution < 1.29 is 8.42 Å². The molecule has 8 heteroatoms. The normalized spacial score (nSPS) is 17.2. The predicted molar refractivity (Wildman–Crippen MR) is 113 cm³/mol. The van der Waals surface area contributed by atoms with Crippen molar-refractivity contribution in [3.63, 3.8) is 0 Å². The van der Waals surface area contributed by atoms with Gasteiger partial charge in [0, 0.05) is 17.1 Å². The Morgan fingerprint density at radius 2 is 1.83 bits per heavy atom. The Morgan fingerprint density at radius 3 is 2.55 bits per heavy atom. The quantitative estimate of drug-likeness (QED) is 0.562. The van der Waals surface area contributed by atoms with Crippen molar-refractivity contribution >= 4 is 32.1 Å². The number of nitrogens with zero attached hydrogens (tertiary/aromatic N) is 4. The second kappa shape index (κ2) is 6.40. The molecular weight excluding hydrogens is 386 g/mol. The summed E-state index contributed by atoms with van der Waals surface area (Å²) < 4.78 is 29.9. The van der Waals surface area contributed by atoms with Gasteiger partial charge in [-0.2, -0.15) is 0 Å². The van der Waals surface area contributed by atoms with E-state index < -0.39 is 10.0 Å². The number of piperidine rings is 1. The van der Waals surface area contributed by atoms with E-state index in [9.17, 15) is 8.42 Å². The zero-order valence-corrected chi connectivity index (χ0v) is 17.3. The molecule has 1 saturated heterocycles. The minimum Gasteiger partial charge on any atom is -0.322 e. The highest BCUT2D eigenvalue weighted by molar-refractivity contribution is 7.90. The molecule has 7 nitrogen and oxygen atoms in total. The molecule has 0 atom stereocenters. The van der Waals surface area contributed by atoms with Crippen LogP contribution < -0.4 is 5.32 Å². The molecule has 1 fully saturated rings. The van der Waals surface area contributed by atoms with Crippen LogP contribution in [-0.4, -0.2) is 40.0 Å². The number of fused-ring (bicyclic) bond motifs is 3. The number of hydrogen-bond donors (Lipinski definition) is 1. The molecule has 4 heterocycles. The fraction of sp³-hybridized carbons (Fsp3) is 0.333. The highest BCUT2D eigenvalue weighted by Gasteiger charge is 2.33. The molecule has 0 unspecified atom stereocenters. The third-order valence-electron chi connectivity index (χ3n) is 5.98. The third-order valence-corrected chi connectivity index (χ3v) is 7.66. The van der Waals surface area contributed by atoms with Crippen LogP contribution in [0.4, 0.5) is 0 Å². The van der Waals surface area contributed by atoms with Gasteiger partial charge in [0.1, 0.15) is 11.3 Å². The lowest BCUT2D eigenvalue weighted by molar-refractivity contribution is 0.234. The van der Waals surface area contributed by atoms with Crippen LogP contribution in [0.1, 0.15) is 25.6 Å². The molecule has 0 spiro atoms. The lowest BCUT2D eigenvalue weighted by atomic mass is 9.89. The summed E-state index contributed by atoms with van der Waals surface area (Å²) in [5, 5.41) is 4.23. The van der Waals surface area contributed by atoms with E-state index in [4.69, 9.17) is 4.98 Å². The average molecular weight is 410 g/mol.